The summed E-state index contributed by atoms with van der Waals surface area (Å²) in [5.41, 5.74) is -4.55. The molecule has 1 saturated heterocycles. The molecule has 1 heterocycles. The third-order valence-electron chi connectivity index (χ3n) is 5.31. The summed E-state index contributed by atoms with van der Waals surface area (Å²) in [4.78, 5) is 15.0. The van der Waals surface area contributed by atoms with Crippen LogP contribution in [0.4, 0.5) is 46.5 Å². The van der Waals surface area contributed by atoms with Crippen molar-refractivity contribution in [3.05, 3.63) is 57.6 Å². The maximum atomic E-state index is 14.4. The molecule has 0 aliphatic carbocycles. The van der Waals surface area contributed by atoms with E-state index in [2.05, 4.69) is 0 Å². The molecule has 2 aromatic carbocycles. The molecule has 0 spiro atoms. The van der Waals surface area contributed by atoms with Crippen molar-refractivity contribution < 1.29 is 39.9 Å². The maximum Gasteiger partial charge on any atom is 0.416 e. The van der Waals surface area contributed by atoms with Gasteiger partial charge in [-0.25, -0.2) is 8.78 Å². The van der Waals surface area contributed by atoms with Gasteiger partial charge in [-0.05, 0) is 43.2 Å². The van der Waals surface area contributed by atoms with Gasteiger partial charge < -0.3 is 9.80 Å². The second kappa shape index (κ2) is 9.00. The van der Waals surface area contributed by atoms with Crippen molar-refractivity contribution in [3.8, 4) is 0 Å². The average molecular weight is 501 g/mol. The van der Waals surface area contributed by atoms with Gasteiger partial charge in [-0.2, -0.15) is 26.3 Å². The van der Waals surface area contributed by atoms with Crippen LogP contribution in [0.15, 0.2) is 24.3 Å². The Labute approximate surface area is 188 Å². The van der Waals surface area contributed by atoms with E-state index in [1.807, 2.05) is 0 Å². The van der Waals surface area contributed by atoms with E-state index in [9.17, 15) is 39.9 Å². The maximum absolute atomic E-state index is 14.4. The van der Waals surface area contributed by atoms with Crippen LogP contribution in [0.2, 0.25) is 5.02 Å². The number of halogens is 9. The lowest BCUT2D eigenvalue weighted by molar-refractivity contribution is -0.143. The second-order valence-corrected chi connectivity index (χ2v) is 7.74. The number of carbonyl (C=O) groups excluding carboxylic acids is 1. The standard InChI is InChI=1S/C21H17ClF8N2O/c1-2-32(15-5-4-14(23)18(22)19(15)24)17(33)10-12-13(21(28,29)30)8-11(20(25,26)27)9-16(12)31-6-3-7-31/h4-5,8-9H,2-3,6-7,10H2,1H3. The summed E-state index contributed by atoms with van der Waals surface area (Å²) in [6.45, 7) is 1.64. The van der Waals surface area contributed by atoms with Gasteiger partial charge >= 0.3 is 12.4 Å². The molecule has 0 bridgehead atoms. The Morgan fingerprint density at radius 2 is 1.70 bits per heavy atom. The van der Waals surface area contributed by atoms with E-state index in [0.29, 0.717) is 12.5 Å². The number of hydrogen-bond donors (Lipinski definition) is 0. The van der Waals surface area contributed by atoms with Gasteiger partial charge in [0, 0.05) is 25.3 Å². The molecule has 180 valence electrons. The van der Waals surface area contributed by atoms with Crippen LogP contribution in [0.25, 0.3) is 0 Å². The van der Waals surface area contributed by atoms with E-state index in [1.165, 1.54) is 11.8 Å². The first-order valence-electron chi connectivity index (χ1n) is 9.75. The van der Waals surface area contributed by atoms with Crippen molar-refractivity contribution in [2.75, 3.05) is 29.4 Å². The number of amides is 1. The summed E-state index contributed by atoms with van der Waals surface area (Å²) in [5.74, 6) is -3.40. The van der Waals surface area contributed by atoms with Crippen molar-refractivity contribution in [2.45, 2.75) is 32.1 Å². The number of nitrogens with zero attached hydrogens (tertiary/aromatic N) is 2. The molecule has 0 unspecified atom stereocenters. The minimum absolute atomic E-state index is 0.0302. The minimum atomic E-state index is -5.18. The van der Waals surface area contributed by atoms with Crippen LogP contribution in [-0.2, 0) is 23.6 Å². The van der Waals surface area contributed by atoms with Crippen LogP contribution in [0, 0.1) is 11.6 Å². The highest BCUT2D eigenvalue weighted by Crippen LogP contribution is 2.43. The first-order chi connectivity index (χ1) is 15.3. The summed E-state index contributed by atoms with van der Waals surface area (Å²) < 4.78 is 109. The van der Waals surface area contributed by atoms with E-state index < -0.39 is 63.7 Å². The first kappa shape index (κ1) is 25.1. The van der Waals surface area contributed by atoms with E-state index in [-0.39, 0.29) is 31.4 Å². The van der Waals surface area contributed by atoms with E-state index >= 15 is 0 Å². The van der Waals surface area contributed by atoms with Crippen LogP contribution in [0.1, 0.15) is 30.0 Å². The van der Waals surface area contributed by atoms with Gasteiger partial charge in [-0.1, -0.05) is 11.6 Å². The molecule has 0 radical (unpaired) electrons. The van der Waals surface area contributed by atoms with Crippen LogP contribution in [-0.4, -0.2) is 25.5 Å². The van der Waals surface area contributed by atoms with Crippen molar-refractivity contribution >= 4 is 28.9 Å². The zero-order chi connectivity index (χ0) is 24.7. The molecule has 33 heavy (non-hydrogen) atoms. The highest BCUT2D eigenvalue weighted by Gasteiger charge is 2.41. The molecule has 0 aromatic heterocycles. The lowest BCUT2D eigenvalue weighted by Crippen LogP contribution is -2.39. The number of likely N-dealkylation sites (N-methyl/N-ethyl adjacent to an activating group) is 1. The zero-order valence-corrected chi connectivity index (χ0v) is 17.8. The third-order valence-corrected chi connectivity index (χ3v) is 5.65. The Morgan fingerprint density at radius 1 is 1.06 bits per heavy atom. The zero-order valence-electron chi connectivity index (χ0n) is 17.0. The monoisotopic (exact) mass is 500 g/mol. The first-order valence-corrected chi connectivity index (χ1v) is 10.1. The van der Waals surface area contributed by atoms with Gasteiger partial charge in [-0.15, -0.1) is 0 Å². The van der Waals surface area contributed by atoms with Crippen LogP contribution in [0.5, 0.6) is 0 Å². The molecular formula is C21H17ClF8N2O. The van der Waals surface area contributed by atoms with Gasteiger partial charge in [0.05, 0.1) is 23.2 Å². The van der Waals surface area contributed by atoms with Crippen molar-refractivity contribution in [3.63, 3.8) is 0 Å². The lowest BCUT2D eigenvalue weighted by atomic mass is 9.95. The number of rotatable bonds is 5. The van der Waals surface area contributed by atoms with Crippen molar-refractivity contribution in [1.29, 1.82) is 0 Å². The predicted molar refractivity (Wildman–Crippen MR) is 106 cm³/mol. The fourth-order valence-electron chi connectivity index (χ4n) is 3.55. The van der Waals surface area contributed by atoms with Crippen molar-refractivity contribution in [2.24, 2.45) is 0 Å². The Balaban J connectivity index is 2.11. The summed E-state index contributed by atoms with van der Waals surface area (Å²) in [6.07, 6.45) is -10.6. The van der Waals surface area contributed by atoms with E-state index in [4.69, 9.17) is 11.6 Å². The Bertz CT molecular complexity index is 1060. The second-order valence-electron chi connectivity index (χ2n) is 7.37. The number of anilines is 2. The van der Waals surface area contributed by atoms with Gasteiger partial charge in [0.2, 0.25) is 5.91 Å². The average Bonchev–Trinajstić information content (AvgIpc) is 2.66. The van der Waals surface area contributed by atoms with Crippen LogP contribution < -0.4 is 9.80 Å². The SMILES string of the molecule is CCN(C(=O)Cc1c(N2CCC2)cc(C(F)(F)F)cc1C(F)(F)F)c1ccc(F)c(Cl)c1F. The Hall–Kier alpha value is -2.56. The molecule has 0 atom stereocenters. The molecule has 1 aliphatic rings. The number of carbonyl (C=O) groups is 1. The van der Waals surface area contributed by atoms with Gasteiger partial charge in [-0.3, -0.25) is 4.79 Å². The van der Waals surface area contributed by atoms with Gasteiger partial charge in [0.25, 0.3) is 0 Å². The molecule has 0 saturated carbocycles. The number of alkyl halides is 6. The molecule has 0 N–H and O–H groups in total. The quantitative estimate of drug-likeness (QED) is 0.347. The topological polar surface area (TPSA) is 23.6 Å². The summed E-state index contributed by atoms with van der Waals surface area (Å²) in [7, 11) is 0. The Kier molecular flexibility index (Phi) is 6.84. The molecule has 2 aromatic rings. The fourth-order valence-corrected chi connectivity index (χ4v) is 3.71. The molecule has 3 rings (SSSR count). The van der Waals surface area contributed by atoms with Crippen LogP contribution in [0.3, 0.4) is 0 Å². The van der Waals surface area contributed by atoms with Crippen LogP contribution >= 0.6 is 11.6 Å². The summed E-state index contributed by atoms with van der Waals surface area (Å²) in [6, 6.07) is 2.26. The molecule has 12 heteroatoms. The van der Waals surface area contributed by atoms with E-state index in [0.717, 1.165) is 17.0 Å². The summed E-state index contributed by atoms with van der Waals surface area (Å²) >= 11 is 5.54. The minimum Gasteiger partial charge on any atom is -0.371 e. The highest BCUT2D eigenvalue weighted by atomic mass is 35.5. The Morgan fingerprint density at radius 3 is 2.18 bits per heavy atom. The number of benzene rings is 2. The highest BCUT2D eigenvalue weighted by molar-refractivity contribution is 6.31. The predicted octanol–water partition coefficient (Wildman–Crippen LogP) is 6.46. The lowest BCUT2D eigenvalue weighted by Gasteiger charge is -2.36. The molecule has 3 nitrogen and oxygen atoms in total. The van der Waals surface area contributed by atoms with Gasteiger partial charge in [0.15, 0.2) is 5.82 Å². The number of hydrogen-bond acceptors (Lipinski definition) is 2. The largest absolute Gasteiger partial charge is 0.416 e. The molecular weight excluding hydrogens is 484 g/mol. The molecule has 1 aliphatic heterocycles. The smallest absolute Gasteiger partial charge is 0.371 e. The van der Waals surface area contributed by atoms with E-state index in [1.54, 1.807) is 0 Å². The molecule has 1 fully saturated rings. The fraction of sp³-hybridized carbons (Fsp3) is 0.381. The van der Waals surface area contributed by atoms with Gasteiger partial charge in [0.1, 0.15) is 10.8 Å². The normalized spacial score (nSPS) is 14.3. The summed E-state index contributed by atoms with van der Waals surface area (Å²) in [5, 5.41) is -0.898. The molecule has 1 amide bonds. The van der Waals surface area contributed by atoms with Crippen molar-refractivity contribution in [1.82, 2.24) is 0 Å². The third kappa shape index (κ3) is 5.02.